The summed E-state index contributed by atoms with van der Waals surface area (Å²) in [6, 6.07) is 12.5. The van der Waals surface area contributed by atoms with Gasteiger partial charge in [-0.1, -0.05) is 42.0 Å². The van der Waals surface area contributed by atoms with Crippen LogP contribution < -0.4 is 10.5 Å². The van der Waals surface area contributed by atoms with Gasteiger partial charge in [-0.25, -0.2) is 0 Å². The first-order valence-electron chi connectivity index (χ1n) is 6.51. The van der Waals surface area contributed by atoms with Gasteiger partial charge in [-0.05, 0) is 24.6 Å². The number of aryl methyl sites for hydroxylation is 1. The number of rotatable bonds is 4. The minimum absolute atomic E-state index is 0.0925. The number of hydrogen-bond acceptors (Lipinski definition) is 2. The average Bonchev–Trinajstić information content (AvgIpc) is 2.45. The molecule has 0 saturated heterocycles. The molecule has 2 N–H and O–H groups in total. The minimum Gasteiger partial charge on any atom is -0.484 e. The lowest BCUT2D eigenvalue weighted by Gasteiger charge is -2.21. The summed E-state index contributed by atoms with van der Waals surface area (Å²) < 4.78 is 44.3. The van der Waals surface area contributed by atoms with Crippen molar-refractivity contribution in [1.82, 2.24) is 0 Å². The fourth-order valence-electron chi connectivity index (χ4n) is 1.99. The van der Waals surface area contributed by atoms with Gasteiger partial charge in [-0.2, -0.15) is 13.2 Å². The van der Waals surface area contributed by atoms with Crippen molar-refractivity contribution in [3.05, 3.63) is 65.2 Å². The van der Waals surface area contributed by atoms with Crippen molar-refractivity contribution < 1.29 is 17.9 Å². The van der Waals surface area contributed by atoms with Crippen LogP contribution in [0.2, 0.25) is 0 Å². The zero-order valence-corrected chi connectivity index (χ0v) is 11.5. The maximum atomic E-state index is 12.9. The zero-order chi connectivity index (χ0) is 15.5. The highest BCUT2D eigenvalue weighted by Crippen LogP contribution is 2.37. The van der Waals surface area contributed by atoms with Crippen LogP contribution in [0.15, 0.2) is 48.5 Å². The predicted octanol–water partition coefficient (Wildman–Crippen LogP) is 4.09. The summed E-state index contributed by atoms with van der Waals surface area (Å²) in [5.41, 5.74) is 6.66. The molecule has 1 atom stereocenters. The van der Waals surface area contributed by atoms with Crippen molar-refractivity contribution >= 4 is 0 Å². The van der Waals surface area contributed by atoms with E-state index in [4.69, 9.17) is 10.5 Å². The van der Waals surface area contributed by atoms with E-state index in [1.165, 1.54) is 18.2 Å². The highest BCUT2D eigenvalue weighted by molar-refractivity contribution is 5.36. The van der Waals surface area contributed by atoms with Crippen molar-refractivity contribution in [1.29, 1.82) is 0 Å². The molecule has 0 heterocycles. The highest BCUT2D eigenvalue weighted by Gasteiger charge is 2.34. The van der Waals surface area contributed by atoms with Crippen LogP contribution in [0.4, 0.5) is 13.2 Å². The van der Waals surface area contributed by atoms with E-state index in [2.05, 4.69) is 0 Å². The monoisotopic (exact) mass is 295 g/mol. The Hall–Kier alpha value is -2.01. The number of hydrogen-bond donors (Lipinski definition) is 1. The maximum Gasteiger partial charge on any atom is 0.419 e. The van der Waals surface area contributed by atoms with E-state index in [9.17, 15) is 13.2 Å². The molecule has 5 heteroatoms. The van der Waals surface area contributed by atoms with Crippen LogP contribution in [0, 0.1) is 6.92 Å². The molecule has 0 radical (unpaired) electrons. The third-order valence-corrected chi connectivity index (χ3v) is 3.12. The van der Waals surface area contributed by atoms with E-state index >= 15 is 0 Å². The molecule has 0 bridgehead atoms. The van der Waals surface area contributed by atoms with Gasteiger partial charge in [0, 0.05) is 6.54 Å². The number of benzene rings is 2. The van der Waals surface area contributed by atoms with Crippen LogP contribution in [0.25, 0.3) is 0 Å². The minimum atomic E-state index is -4.46. The van der Waals surface area contributed by atoms with Crippen molar-refractivity contribution in [3.63, 3.8) is 0 Å². The molecule has 112 valence electrons. The van der Waals surface area contributed by atoms with Crippen molar-refractivity contribution in [2.45, 2.75) is 19.2 Å². The SMILES string of the molecule is Cc1ccc(C(CN)Oc2ccccc2C(F)(F)F)cc1. The molecular weight excluding hydrogens is 279 g/mol. The molecule has 0 aliphatic rings. The normalized spacial score (nSPS) is 13.0. The first kappa shape index (κ1) is 15.4. The van der Waals surface area contributed by atoms with Gasteiger partial charge in [0.25, 0.3) is 0 Å². The summed E-state index contributed by atoms with van der Waals surface area (Å²) in [7, 11) is 0. The fourth-order valence-corrected chi connectivity index (χ4v) is 1.99. The second-order valence-corrected chi connectivity index (χ2v) is 4.75. The summed E-state index contributed by atoms with van der Waals surface area (Å²) in [5, 5.41) is 0. The smallest absolute Gasteiger partial charge is 0.419 e. The van der Waals surface area contributed by atoms with Gasteiger partial charge >= 0.3 is 6.18 Å². The molecule has 0 aromatic heterocycles. The summed E-state index contributed by atoms with van der Waals surface area (Å²) in [4.78, 5) is 0. The molecule has 2 rings (SSSR count). The van der Waals surface area contributed by atoms with E-state index in [-0.39, 0.29) is 12.3 Å². The highest BCUT2D eigenvalue weighted by atomic mass is 19.4. The van der Waals surface area contributed by atoms with Crippen LogP contribution in [-0.4, -0.2) is 6.54 Å². The van der Waals surface area contributed by atoms with Crippen LogP contribution in [0.5, 0.6) is 5.75 Å². The summed E-state index contributed by atoms with van der Waals surface area (Å²) in [6.45, 7) is 2.02. The number of alkyl halides is 3. The molecule has 1 unspecified atom stereocenters. The number of nitrogens with two attached hydrogens (primary N) is 1. The second kappa shape index (κ2) is 6.18. The third kappa shape index (κ3) is 3.76. The molecule has 0 amide bonds. The maximum absolute atomic E-state index is 12.9. The third-order valence-electron chi connectivity index (χ3n) is 3.12. The van der Waals surface area contributed by atoms with Crippen molar-refractivity contribution in [2.24, 2.45) is 5.73 Å². The first-order chi connectivity index (χ1) is 9.91. The van der Waals surface area contributed by atoms with Gasteiger partial charge in [0.15, 0.2) is 0 Å². The summed E-state index contributed by atoms with van der Waals surface area (Å²) in [5.74, 6) is -0.207. The van der Waals surface area contributed by atoms with Crippen molar-refractivity contribution in [3.8, 4) is 5.75 Å². The topological polar surface area (TPSA) is 35.2 Å². The van der Waals surface area contributed by atoms with E-state index in [0.717, 1.165) is 17.2 Å². The standard InChI is InChI=1S/C16H16F3NO/c1-11-6-8-12(9-7-11)15(10-20)21-14-5-3-2-4-13(14)16(17,18)19/h2-9,15H,10,20H2,1H3. The Kier molecular flexibility index (Phi) is 4.53. The Morgan fingerprint density at radius 3 is 2.24 bits per heavy atom. The van der Waals surface area contributed by atoms with Crippen molar-refractivity contribution in [2.75, 3.05) is 6.54 Å². The van der Waals surface area contributed by atoms with Gasteiger partial charge < -0.3 is 10.5 Å². The lowest BCUT2D eigenvalue weighted by molar-refractivity contribution is -0.139. The van der Waals surface area contributed by atoms with Crippen LogP contribution in [0.1, 0.15) is 22.8 Å². The zero-order valence-electron chi connectivity index (χ0n) is 11.5. The molecule has 0 saturated carbocycles. The largest absolute Gasteiger partial charge is 0.484 e. The Bertz CT molecular complexity index is 593. The van der Waals surface area contributed by atoms with E-state index in [1.54, 1.807) is 0 Å². The molecule has 0 aliphatic carbocycles. The van der Waals surface area contributed by atoms with Gasteiger partial charge in [0.05, 0.1) is 5.56 Å². The predicted molar refractivity (Wildman–Crippen MR) is 75.0 cm³/mol. The molecule has 2 aromatic rings. The lowest BCUT2D eigenvalue weighted by atomic mass is 10.1. The molecule has 0 spiro atoms. The van der Waals surface area contributed by atoms with Crippen LogP contribution in [-0.2, 0) is 6.18 Å². The van der Waals surface area contributed by atoms with E-state index in [0.29, 0.717) is 0 Å². The molecule has 2 nitrogen and oxygen atoms in total. The summed E-state index contributed by atoms with van der Waals surface area (Å²) >= 11 is 0. The summed E-state index contributed by atoms with van der Waals surface area (Å²) in [6.07, 6.45) is -5.07. The second-order valence-electron chi connectivity index (χ2n) is 4.75. The molecule has 0 fully saturated rings. The van der Waals surface area contributed by atoms with Crippen LogP contribution in [0.3, 0.4) is 0 Å². The molecule has 2 aromatic carbocycles. The molecular formula is C16H16F3NO. The number of halogens is 3. The Morgan fingerprint density at radius 1 is 1.05 bits per heavy atom. The number of ether oxygens (including phenoxy) is 1. The van der Waals surface area contributed by atoms with Gasteiger partial charge in [0.1, 0.15) is 11.9 Å². The van der Waals surface area contributed by atoms with Crippen LogP contribution >= 0.6 is 0 Å². The van der Waals surface area contributed by atoms with Gasteiger partial charge in [-0.3, -0.25) is 0 Å². The van der Waals surface area contributed by atoms with E-state index < -0.39 is 17.8 Å². The fraction of sp³-hybridized carbons (Fsp3) is 0.250. The van der Waals surface area contributed by atoms with Gasteiger partial charge in [0.2, 0.25) is 0 Å². The Labute approximate surface area is 121 Å². The Balaban J connectivity index is 2.29. The molecule has 21 heavy (non-hydrogen) atoms. The first-order valence-corrected chi connectivity index (χ1v) is 6.51. The molecule has 0 aliphatic heterocycles. The Morgan fingerprint density at radius 2 is 1.67 bits per heavy atom. The quantitative estimate of drug-likeness (QED) is 0.922. The van der Waals surface area contributed by atoms with Gasteiger partial charge in [-0.15, -0.1) is 0 Å². The van der Waals surface area contributed by atoms with E-state index in [1.807, 2.05) is 31.2 Å². The average molecular weight is 295 g/mol. The number of para-hydroxylation sites is 1. The lowest BCUT2D eigenvalue weighted by Crippen LogP contribution is -2.20.